The molecule has 0 spiro atoms. The fourth-order valence-corrected chi connectivity index (χ4v) is 3.16. The van der Waals surface area contributed by atoms with E-state index in [-0.39, 0.29) is 0 Å². The molecule has 0 aliphatic carbocycles. The van der Waals surface area contributed by atoms with E-state index in [1.54, 1.807) is 0 Å². The van der Waals surface area contributed by atoms with Crippen molar-refractivity contribution in [3.05, 3.63) is 56.5 Å². The van der Waals surface area contributed by atoms with Gasteiger partial charge in [-0.2, -0.15) is 0 Å². The van der Waals surface area contributed by atoms with E-state index in [0.717, 1.165) is 25.9 Å². The van der Waals surface area contributed by atoms with Crippen molar-refractivity contribution in [2.45, 2.75) is 6.92 Å². The van der Waals surface area contributed by atoms with Gasteiger partial charge in [-0.3, -0.25) is 0 Å². The summed E-state index contributed by atoms with van der Waals surface area (Å²) in [7, 11) is 0. The van der Waals surface area contributed by atoms with Crippen LogP contribution in [0.2, 0.25) is 0 Å². The molecule has 2 rings (SSSR count). The highest BCUT2D eigenvalue weighted by atomic mass is 79.9. The quantitative estimate of drug-likeness (QED) is 0.721. The van der Waals surface area contributed by atoms with E-state index in [1.165, 1.54) is 5.56 Å². The lowest BCUT2D eigenvalue weighted by molar-refractivity contribution is 1.43. The van der Waals surface area contributed by atoms with Crippen molar-refractivity contribution in [3.8, 4) is 0 Å². The minimum atomic E-state index is 0.384. The van der Waals surface area contributed by atoms with Crippen LogP contribution in [0.25, 0.3) is 0 Å². The number of thiocarbonyl (C=S) groups is 1. The third-order valence-electron chi connectivity index (χ3n) is 2.64. The molecule has 0 fully saturated rings. The van der Waals surface area contributed by atoms with Crippen LogP contribution in [-0.4, -0.2) is 4.99 Å². The van der Waals surface area contributed by atoms with Crippen molar-refractivity contribution in [3.63, 3.8) is 0 Å². The first-order valence-electron chi connectivity index (χ1n) is 5.60. The zero-order chi connectivity index (χ0) is 14.0. The van der Waals surface area contributed by atoms with Crippen molar-refractivity contribution in [2.75, 3.05) is 5.32 Å². The number of aryl methyl sites for hydroxylation is 1. The van der Waals surface area contributed by atoms with Crippen molar-refractivity contribution < 1.29 is 0 Å². The fourth-order valence-electron chi connectivity index (χ4n) is 1.67. The normalized spacial score (nSPS) is 10.3. The van der Waals surface area contributed by atoms with Gasteiger partial charge in [0, 0.05) is 20.2 Å². The molecule has 0 radical (unpaired) electrons. The SMILES string of the molecule is Cc1ccc(Nc2ccc(C(N)=S)c(Br)c2)c(Br)c1. The number of nitrogens with two attached hydrogens (primary N) is 1. The molecule has 3 N–H and O–H groups in total. The maximum Gasteiger partial charge on any atom is 0.105 e. The van der Waals surface area contributed by atoms with Gasteiger partial charge in [0.2, 0.25) is 0 Å². The predicted octanol–water partition coefficient (Wildman–Crippen LogP) is 4.90. The third-order valence-corrected chi connectivity index (χ3v) is 4.17. The topological polar surface area (TPSA) is 38.0 Å². The summed E-state index contributed by atoms with van der Waals surface area (Å²) in [5.41, 5.74) is 9.66. The van der Waals surface area contributed by atoms with Crippen LogP contribution >= 0.6 is 44.1 Å². The summed E-state index contributed by atoms with van der Waals surface area (Å²) in [4.78, 5) is 0.384. The van der Waals surface area contributed by atoms with E-state index in [4.69, 9.17) is 18.0 Å². The average Bonchev–Trinajstić information content (AvgIpc) is 2.32. The Hall–Kier alpha value is -0.910. The highest BCUT2D eigenvalue weighted by Crippen LogP contribution is 2.29. The van der Waals surface area contributed by atoms with Crippen LogP contribution in [0.15, 0.2) is 45.3 Å². The molecule has 0 aromatic heterocycles. The van der Waals surface area contributed by atoms with E-state index in [1.807, 2.05) is 24.3 Å². The van der Waals surface area contributed by atoms with E-state index < -0.39 is 0 Å². The average molecular weight is 400 g/mol. The summed E-state index contributed by atoms with van der Waals surface area (Å²) in [6.45, 7) is 2.06. The summed E-state index contributed by atoms with van der Waals surface area (Å²) in [5, 5.41) is 3.35. The highest BCUT2D eigenvalue weighted by molar-refractivity contribution is 9.11. The lowest BCUT2D eigenvalue weighted by atomic mass is 10.2. The molecule has 0 aliphatic heterocycles. The van der Waals surface area contributed by atoms with E-state index >= 15 is 0 Å². The van der Waals surface area contributed by atoms with Crippen LogP contribution in [-0.2, 0) is 0 Å². The van der Waals surface area contributed by atoms with E-state index in [0.29, 0.717) is 4.99 Å². The smallest absolute Gasteiger partial charge is 0.105 e. The second kappa shape index (κ2) is 6.03. The van der Waals surface area contributed by atoms with Gasteiger partial charge < -0.3 is 11.1 Å². The minimum Gasteiger partial charge on any atom is -0.389 e. The Balaban J connectivity index is 2.29. The van der Waals surface area contributed by atoms with Gasteiger partial charge >= 0.3 is 0 Å². The molecule has 0 aliphatic rings. The number of halogens is 2. The number of anilines is 2. The van der Waals surface area contributed by atoms with Gasteiger partial charge in [-0.25, -0.2) is 0 Å². The van der Waals surface area contributed by atoms with Crippen LogP contribution in [0.3, 0.4) is 0 Å². The second-order valence-electron chi connectivity index (χ2n) is 4.17. The van der Waals surface area contributed by atoms with Crippen LogP contribution < -0.4 is 11.1 Å². The molecule has 2 aromatic rings. The molecule has 0 amide bonds. The van der Waals surface area contributed by atoms with Gasteiger partial charge in [0.05, 0.1) is 5.69 Å². The van der Waals surface area contributed by atoms with Gasteiger partial charge in [-0.1, -0.05) is 18.3 Å². The molecule has 0 atom stereocenters. The first-order chi connectivity index (χ1) is 8.97. The lowest BCUT2D eigenvalue weighted by Gasteiger charge is -2.11. The summed E-state index contributed by atoms with van der Waals surface area (Å²) >= 11 is 12.0. The van der Waals surface area contributed by atoms with Crippen molar-refractivity contribution in [1.82, 2.24) is 0 Å². The summed E-state index contributed by atoms with van der Waals surface area (Å²) in [5.74, 6) is 0. The van der Waals surface area contributed by atoms with Crippen LogP contribution in [0.1, 0.15) is 11.1 Å². The minimum absolute atomic E-state index is 0.384. The van der Waals surface area contributed by atoms with E-state index in [9.17, 15) is 0 Å². The van der Waals surface area contributed by atoms with Crippen LogP contribution in [0, 0.1) is 6.92 Å². The van der Waals surface area contributed by atoms with Gasteiger partial charge in [0.15, 0.2) is 0 Å². The lowest BCUT2D eigenvalue weighted by Crippen LogP contribution is -2.10. The van der Waals surface area contributed by atoms with Gasteiger partial charge in [-0.15, -0.1) is 0 Å². The first-order valence-corrected chi connectivity index (χ1v) is 7.59. The molecule has 0 saturated heterocycles. The molecule has 2 nitrogen and oxygen atoms in total. The molecular formula is C14H12Br2N2S. The zero-order valence-corrected chi connectivity index (χ0v) is 14.2. The van der Waals surface area contributed by atoms with Gasteiger partial charge in [0.1, 0.15) is 4.99 Å². The number of hydrogen-bond acceptors (Lipinski definition) is 2. The molecule has 19 heavy (non-hydrogen) atoms. The fraction of sp³-hybridized carbons (Fsp3) is 0.0714. The maximum absolute atomic E-state index is 5.63. The largest absolute Gasteiger partial charge is 0.389 e. The van der Waals surface area contributed by atoms with Crippen molar-refractivity contribution >= 4 is 60.4 Å². The van der Waals surface area contributed by atoms with E-state index in [2.05, 4.69) is 56.2 Å². The van der Waals surface area contributed by atoms with Gasteiger partial charge in [0.25, 0.3) is 0 Å². The second-order valence-corrected chi connectivity index (χ2v) is 6.32. The van der Waals surface area contributed by atoms with Crippen LogP contribution in [0.5, 0.6) is 0 Å². The Labute approximate surface area is 134 Å². The highest BCUT2D eigenvalue weighted by Gasteiger charge is 2.05. The molecule has 0 saturated carbocycles. The molecule has 0 unspecified atom stereocenters. The maximum atomic E-state index is 5.63. The Morgan fingerprint density at radius 2 is 1.84 bits per heavy atom. The first kappa shape index (κ1) is 14.5. The molecule has 0 bridgehead atoms. The number of hydrogen-bond donors (Lipinski definition) is 2. The summed E-state index contributed by atoms with van der Waals surface area (Å²) in [6.07, 6.45) is 0. The molecule has 2 aromatic carbocycles. The number of benzene rings is 2. The zero-order valence-electron chi connectivity index (χ0n) is 10.2. The Morgan fingerprint density at radius 3 is 2.42 bits per heavy atom. The molecule has 5 heteroatoms. The Morgan fingerprint density at radius 1 is 1.11 bits per heavy atom. The summed E-state index contributed by atoms with van der Waals surface area (Å²) in [6, 6.07) is 12.0. The standard InChI is InChI=1S/C14H12Br2N2S/c1-8-2-5-13(12(16)6-8)18-9-3-4-10(14(17)19)11(15)7-9/h2-7,18H,1H3,(H2,17,19). The monoisotopic (exact) mass is 398 g/mol. The number of rotatable bonds is 3. The predicted molar refractivity (Wildman–Crippen MR) is 92.2 cm³/mol. The Kier molecular flexibility index (Phi) is 4.60. The molecular weight excluding hydrogens is 388 g/mol. The van der Waals surface area contributed by atoms with Crippen LogP contribution in [0.4, 0.5) is 11.4 Å². The van der Waals surface area contributed by atoms with Crippen molar-refractivity contribution in [2.24, 2.45) is 5.73 Å². The molecule has 0 heterocycles. The van der Waals surface area contributed by atoms with Gasteiger partial charge in [-0.05, 0) is 74.7 Å². The Bertz CT molecular complexity index is 641. The number of nitrogens with one attached hydrogen (secondary N) is 1. The third kappa shape index (κ3) is 3.55. The summed E-state index contributed by atoms with van der Waals surface area (Å²) < 4.78 is 1.91. The van der Waals surface area contributed by atoms with Crippen molar-refractivity contribution in [1.29, 1.82) is 0 Å². The molecule has 98 valence electrons.